The maximum atomic E-state index is 13.6. The fourth-order valence-corrected chi connectivity index (χ4v) is 2.34. The van der Waals surface area contributed by atoms with E-state index in [9.17, 15) is 9.18 Å². The number of ether oxygens (including phenoxy) is 1. The summed E-state index contributed by atoms with van der Waals surface area (Å²) >= 11 is 5.86. The van der Waals surface area contributed by atoms with Gasteiger partial charge in [-0.3, -0.25) is 4.79 Å². The van der Waals surface area contributed by atoms with Crippen molar-refractivity contribution in [3.8, 4) is 5.75 Å². The summed E-state index contributed by atoms with van der Waals surface area (Å²) in [4.78, 5) is 11.8. The van der Waals surface area contributed by atoms with Gasteiger partial charge in [0.2, 0.25) is 0 Å². The van der Waals surface area contributed by atoms with Crippen LogP contribution in [-0.4, -0.2) is 18.7 Å². The van der Waals surface area contributed by atoms with Crippen molar-refractivity contribution in [2.75, 3.05) is 6.61 Å². The first-order chi connectivity index (χ1) is 11.4. The highest BCUT2D eigenvalue weighted by Crippen LogP contribution is 2.23. The van der Waals surface area contributed by atoms with Crippen molar-refractivity contribution in [1.82, 2.24) is 5.43 Å². The topological polar surface area (TPSA) is 50.7 Å². The Balaban J connectivity index is 1.94. The van der Waals surface area contributed by atoms with E-state index >= 15 is 0 Å². The molecule has 2 aromatic carbocycles. The molecule has 0 saturated heterocycles. The van der Waals surface area contributed by atoms with E-state index in [0.29, 0.717) is 5.75 Å². The van der Waals surface area contributed by atoms with Crippen LogP contribution in [0.3, 0.4) is 0 Å². The molecular weight excluding hydrogens is 331 g/mol. The van der Waals surface area contributed by atoms with Crippen molar-refractivity contribution >= 4 is 23.7 Å². The zero-order chi connectivity index (χ0) is 17.7. The minimum atomic E-state index is -0.511. The number of hydrogen-bond donors (Lipinski definition) is 1. The Morgan fingerprint density at radius 3 is 2.79 bits per heavy atom. The highest BCUT2D eigenvalue weighted by Gasteiger charge is 2.07. The molecule has 0 spiro atoms. The molecule has 4 nitrogen and oxygen atoms in total. The largest absolute Gasteiger partial charge is 0.483 e. The third kappa shape index (κ3) is 4.55. The van der Waals surface area contributed by atoms with Crippen LogP contribution in [0.25, 0.3) is 0 Å². The molecule has 24 heavy (non-hydrogen) atoms. The Kier molecular flexibility index (Phi) is 5.93. The molecule has 0 aliphatic carbocycles. The second-order valence-corrected chi connectivity index (χ2v) is 5.83. The molecule has 0 fully saturated rings. The van der Waals surface area contributed by atoms with Gasteiger partial charge < -0.3 is 4.74 Å². The summed E-state index contributed by atoms with van der Waals surface area (Å²) in [5.41, 5.74) is 5.53. The molecule has 0 aliphatic heterocycles. The number of carbonyl (C=O) groups is 1. The molecule has 1 amide bonds. The van der Waals surface area contributed by atoms with Crippen molar-refractivity contribution < 1.29 is 13.9 Å². The molecule has 0 saturated carbocycles. The van der Waals surface area contributed by atoms with Crippen LogP contribution >= 0.6 is 11.6 Å². The molecule has 2 aromatic rings. The van der Waals surface area contributed by atoms with Gasteiger partial charge in [0.25, 0.3) is 5.91 Å². The molecule has 0 atom stereocenters. The third-order valence-electron chi connectivity index (χ3n) is 3.51. The average molecular weight is 349 g/mol. The predicted molar refractivity (Wildman–Crippen MR) is 93.3 cm³/mol. The van der Waals surface area contributed by atoms with Gasteiger partial charge in [-0.1, -0.05) is 23.7 Å². The van der Waals surface area contributed by atoms with Crippen LogP contribution in [0.2, 0.25) is 5.02 Å². The SMILES string of the molecule is Cc1cc(C)c(C)c(OCC(=O)N/N=C/c2c(F)cccc2Cl)c1. The second-order valence-electron chi connectivity index (χ2n) is 5.42. The molecule has 0 aliphatic rings. The van der Waals surface area contributed by atoms with Gasteiger partial charge in [-0.2, -0.15) is 5.10 Å². The van der Waals surface area contributed by atoms with Gasteiger partial charge in [0.1, 0.15) is 11.6 Å². The first kappa shape index (κ1) is 17.9. The van der Waals surface area contributed by atoms with Gasteiger partial charge in [-0.25, -0.2) is 9.82 Å². The molecule has 6 heteroatoms. The lowest BCUT2D eigenvalue weighted by Gasteiger charge is -2.11. The van der Waals surface area contributed by atoms with E-state index in [1.165, 1.54) is 12.1 Å². The summed E-state index contributed by atoms with van der Waals surface area (Å²) in [6, 6.07) is 8.22. The number of nitrogens with one attached hydrogen (secondary N) is 1. The van der Waals surface area contributed by atoms with E-state index in [4.69, 9.17) is 16.3 Å². The Morgan fingerprint density at radius 2 is 2.08 bits per heavy atom. The van der Waals surface area contributed by atoms with E-state index in [2.05, 4.69) is 10.5 Å². The highest BCUT2D eigenvalue weighted by molar-refractivity contribution is 6.33. The zero-order valence-electron chi connectivity index (χ0n) is 13.7. The Bertz CT molecular complexity index is 771. The highest BCUT2D eigenvalue weighted by atomic mass is 35.5. The van der Waals surface area contributed by atoms with Crippen LogP contribution in [-0.2, 0) is 4.79 Å². The number of hydrazone groups is 1. The minimum absolute atomic E-state index is 0.116. The summed E-state index contributed by atoms with van der Waals surface area (Å²) in [6.45, 7) is 5.69. The first-order valence-electron chi connectivity index (χ1n) is 7.35. The lowest BCUT2D eigenvalue weighted by atomic mass is 10.1. The van der Waals surface area contributed by atoms with Crippen molar-refractivity contribution in [2.45, 2.75) is 20.8 Å². The van der Waals surface area contributed by atoms with E-state index in [1.54, 1.807) is 6.07 Å². The molecule has 1 N–H and O–H groups in total. The molecule has 0 unspecified atom stereocenters. The molecule has 0 radical (unpaired) electrons. The standard InChI is InChI=1S/C18H18ClFN2O2/c1-11-7-12(2)13(3)17(8-11)24-10-18(23)22-21-9-14-15(19)5-4-6-16(14)20/h4-9H,10H2,1-3H3,(H,22,23)/b21-9+. The third-order valence-corrected chi connectivity index (χ3v) is 3.84. The van der Waals surface area contributed by atoms with Gasteiger partial charge in [0.15, 0.2) is 6.61 Å². The number of benzene rings is 2. The van der Waals surface area contributed by atoms with Gasteiger partial charge in [0, 0.05) is 5.56 Å². The van der Waals surface area contributed by atoms with Crippen LogP contribution < -0.4 is 10.2 Å². The Hall–Kier alpha value is -2.40. The normalized spacial score (nSPS) is 10.9. The maximum absolute atomic E-state index is 13.6. The summed E-state index contributed by atoms with van der Waals surface area (Å²) < 4.78 is 19.1. The zero-order valence-corrected chi connectivity index (χ0v) is 14.4. The van der Waals surface area contributed by atoms with Crippen molar-refractivity contribution in [2.24, 2.45) is 5.10 Å². The maximum Gasteiger partial charge on any atom is 0.277 e. The smallest absolute Gasteiger partial charge is 0.277 e. The summed E-state index contributed by atoms with van der Waals surface area (Å²) in [5.74, 6) is -0.302. The van der Waals surface area contributed by atoms with Crippen LogP contribution in [0.15, 0.2) is 35.4 Å². The lowest BCUT2D eigenvalue weighted by molar-refractivity contribution is -0.123. The number of hydrogen-bond acceptors (Lipinski definition) is 3. The number of halogens is 2. The predicted octanol–water partition coefficient (Wildman–Crippen LogP) is 3.93. The van der Waals surface area contributed by atoms with Gasteiger partial charge >= 0.3 is 0 Å². The monoisotopic (exact) mass is 348 g/mol. The number of nitrogens with zero attached hydrogens (tertiary/aromatic N) is 1. The molecular formula is C18H18ClFN2O2. The number of aryl methyl sites for hydroxylation is 2. The van der Waals surface area contributed by atoms with Crippen molar-refractivity contribution in [1.29, 1.82) is 0 Å². The molecule has 0 bridgehead atoms. The second kappa shape index (κ2) is 7.93. The Labute approximate surface area is 145 Å². The number of carbonyl (C=O) groups excluding carboxylic acids is 1. The fraction of sp³-hybridized carbons (Fsp3) is 0.222. The summed E-state index contributed by atoms with van der Waals surface area (Å²) in [7, 11) is 0. The van der Waals surface area contributed by atoms with Gasteiger partial charge in [-0.05, 0) is 55.7 Å². The molecule has 126 valence electrons. The quantitative estimate of drug-likeness (QED) is 0.657. The summed E-state index contributed by atoms with van der Waals surface area (Å²) in [6.07, 6.45) is 1.16. The van der Waals surface area contributed by atoms with E-state index in [-0.39, 0.29) is 17.2 Å². The summed E-state index contributed by atoms with van der Waals surface area (Å²) in [5, 5.41) is 3.92. The van der Waals surface area contributed by atoms with Crippen LogP contribution in [0, 0.1) is 26.6 Å². The van der Waals surface area contributed by atoms with Gasteiger partial charge in [-0.15, -0.1) is 0 Å². The van der Waals surface area contributed by atoms with Crippen molar-refractivity contribution in [3.63, 3.8) is 0 Å². The molecule has 0 heterocycles. The van der Waals surface area contributed by atoms with E-state index in [1.807, 2.05) is 32.9 Å². The average Bonchev–Trinajstić information content (AvgIpc) is 2.52. The van der Waals surface area contributed by atoms with Crippen molar-refractivity contribution in [3.05, 3.63) is 63.4 Å². The Morgan fingerprint density at radius 1 is 1.33 bits per heavy atom. The fourth-order valence-electron chi connectivity index (χ4n) is 2.13. The molecule has 0 aromatic heterocycles. The van der Waals surface area contributed by atoms with Gasteiger partial charge in [0.05, 0.1) is 11.2 Å². The van der Waals surface area contributed by atoms with Crippen LogP contribution in [0.4, 0.5) is 4.39 Å². The molecule has 2 rings (SSSR count). The number of rotatable bonds is 5. The minimum Gasteiger partial charge on any atom is -0.483 e. The van der Waals surface area contributed by atoms with Crippen LogP contribution in [0.1, 0.15) is 22.3 Å². The van der Waals surface area contributed by atoms with E-state index < -0.39 is 11.7 Å². The lowest BCUT2D eigenvalue weighted by Crippen LogP contribution is -2.25. The van der Waals surface area contributed by atoms with E-state index in [0.717, 1.165) is 22.9 Å². The number of amides is 1. The van der Waals surface area contributed by atoms with Crippen LogP contribution in [0.5, 0.6) is 5.75 Å². The first-order valence-corrected chi connectivity index (χ1v) is 7.73.